The van der Waals surface area contributed by atoms with Gasteiger partial charge in [-0.3, -0.25) is 4.68 Å². The van der Waals surface area contributed by atoms with Crippen LogP contribution in [-0.4, -0.2) is 34.1 Å². The summed E-state index contributed by atoms with van der Waals surface area (Å²) in [5, 5.41) is 12.9. The first-order valence-electron chi connectivity index (χ1n) is 6.81. The molecule has 1 aromatic heterocycles. The van der Waals surface area contributed by atoms with Gasteiger partial charge in [0.15, 0.2) is 17.2 Å². The van der Waals surface area contributed by atoms with Gasteiger partial charge < -0.3 is 14.6 Å². The molecule has 0 atom stereocenters. The number of carboxylic acids is 1. The van der Waals surface area contributed by atoms with E-state index in [4.69, 9.17) is 14.6 Å². The van der Waals surface area contributed by atoms with Gasteiger partial charge in [0.2, 0.25) is 0 Å². The van der Waals surface area contributed by atoms with E-state index in [0.29, 0.717) is 17.0 Å². The molecule has 0 unspecified atom stereocenters. The molecule has 6 nitrogen and oxygen atoms in total. The normalized spacial score (nSPS) is 14.0. The summed E-state index contributed by atoms with van der Waals surface area (Å²) in [5.74, 6) is -0.950. The lowest BCUT2D eigenvalue weighted by Gasteiger charge is -2.15. The van der Waals surface area contributed by atoms with Crippen LogP contribution in [0.4, 0.5) is 4.39 Å². The fraction of sp³-hybridized carbons (Fsp3) is 0.333. The number of hydrogen-bond acceptors (Lipinski definition) is 4. The first kappa shape index (κ1) is 14.4. The van der Waals surface area contributed by atoms with Crippen molar-refractivity contribution in [2.45, 2.75) is 18.9 Å². The predicted molar refractivity (Wildman–Crippen MR) is 75.8 cm³/mol. The molecule has 0 amide bonds. The fourth-order valence-electron chi connectivity index (χ4n) is 2.21. The minimum Gasteiger partial charge on any atom is -0.493 e. The summed E-state index contributed by atoms with van der Waals surface area (Å²) in [6, 6.07) is 3.93. The number of halogens is 1. The van der Waals surface area contributed by atoms with Crippen molar-refractivity contribution in [3.8, 4) is 22.8 Å². The van der Waals surface area contributed by atoms with Crippen molar-refractivity contribution < 1.29 is 23.8 Å². The van der Waals surface area contributed by atoms with Crippen LogP contribution in [0.5, 0.6) is 11.5 Å². The highest BCUT2D eigenvalue weighted by Crippen LogP contribution is 2.42. The van der Waals surface area contributed by atoms with Gasteiger partial charge in [0.25, 0.3) is 0 Å². The predicted octanol–water partition coefficient (Wildman–Crippen LogP) is 2.47. The van der Waals surface area contributed by atoms with Crippen molar-refractivity contribution >= 4 is 5.97 Å². The van der Waals surface area contributed by atoms with Crippen molar-refractivity contribution in [2.75, 3.05) is 7.11 Å². The molecule has 22 heavy (non-hydrogen) atoms. The minimum atomic E-state index is -1.14. The molecule has 1 fully saturated rings. The average molecular weight is 306 g/mol. The number of hydrogen-bond donors (Lipinski definition) is 1. The maximum atomic E-state index is 13.8. The Kier molecular flexibility index (Phi) is 3.48. The summed E-state index contributed by atoms with van der Waals surface area (Å²) in [6.45, 7) is 0. The Bertz CT molecular complexity index is 737. The van der Waals surface area contributed by atoms with E-state index in [1.165, 1.54) is 30.0 Å². The number of methoxy groups -OCH3 is 1. The van der Waals surface area contributed by atoms with Gasteiger partial charge >= 0.3 is 5.97 Å². The lowest BCUT2D eigenvalue weighted by Crippen LogP contribution is -2.03. The quantitative estimate of drug-likeness (QED) is 0.918. The molecule has 0 radical (unpaired) electrons. The Morgan fingerprint density at radius 3 is 2.68 bits per heavy atom. The molecule has 3 rings (SSSR count). The molecule has 1 aromatic carbocycles. The minimum absolute atomic E-state index is 0.0882. The first-order chi connectivity index (χ1) is 10.5. The second-order valence-electron chi connectivity index (χ2n) is 5.15. The smallest absolute Gasteiger partial charge is 0.356 e. The number of carboxylic acid groups (broad SMARTS) is 1. The van der Waals surface area contributed by atoms with E-state index in [-0.39, 0.29) is 17.5 Å². The number of nitrogens with zero attached hydrogens (tertiary/aromatic N) is 2. The van der Waals surface area contributed by atoms with Crippen LogP contribution in [-0.2, 0) is 7.05 Å². The molecule has 1 saturated carbocycles. The lowest BCUT2D eigenvalue weighted by molar-refractivity contribution is 0.0689. The van der Waals surface area contributed by atoms with Crippen molar-refractivity contribution in [2.24, 2.45) is 7.05 Å². The lowest BCUT2D eigenvalue weighted by atomic mass is 10.1. The molecule has 1 heterocycles. The van der Waals surface area contributed by atoms with E-state index in [2.05, 4.69) is 5.10 Å². The zero-order chi connectivity index (χ0) is 15.9. The first-order valence-corrected chi connectivity index (χ1v) is 6.81. The molecule has 0 bridgehead atoms. The molecule has 7 heteroatoms. The molecule has 0 spiro atoms. The van der Waals surface area contributed by atoms with E-state index in [1.807, 2.05) is 0 Å². The number of aryl methyl sites for hydroxylation is 1. The summed E-state index contributed by atoms with van der Waals surface area (Å²) in [5.41, 5.74) is 0.759. The van der Waals surface area contributed by atoms with Crippen molar-refractivity contribution in [1.29, 1.82) is 0 Å². The van der Waals surface area contributed by atoms with Crippen LogP contribution in [0.2, 0.25) is 0 Å². The Morgan fingerprint density at radius 2 is 2.14 bits per heavy atom. The van der Waals surface area contributed by atoms with Crippen molar-refractivity contribution in [3.63, 3.8) is 0 Å². The average Bonchev–Trinajstić information content (AvgIpc) is 3.20. The summed E-state index contributed by atoms with van der Waals surface area (Å²) < 4.78 is 26.3. The number of benzene rings is 1. The molecular weight excluding hydrogens is 291 g/mol. The standard InChI is InChI=1S/C15H15FN2O4/c1-18-12(7-11(17-18)15(19)20)10-5-8(16)6-13(21-2)14(10)22-9-3-4-9/h5-7,9H,3-4H2,1-2H3,(H,19,20). The molecule has 1 N–H and O–H groups in total. The maximum Gasteiger partial charge on any atom is 0.356 e. The second kappa shape index (κ2) is 5.32. The zero-order valence-electron chi connectivity index (χ0n) is 12.2. The fourth-order valence-corrected chi connectivity index (χ4v) is 2.21. The zero-order valence-corrected chi connectivity index (χ0v) is 12.2. The Balaban J connectivity index is 2.15. The number of rotatable bonds is 5. The second-order valence-corrected chi connectivity index (χ2v) is 5.15. The third-order valence-electron chi connectivity index (χ3n) is 3.42. The third-order valence-corrected chi connectivity index (χ3v) is 3.42. The number of aromatic nitrogens is 2. The molecule has 1 aliphatic rings. The van der Waals surface area contributed by atoms with Crippen LogP contribution < -0.4 is 9.47 Å². The molecular formula is C15H15FN2O4. The Hall–Kier alpha value is -2.57. The third kappa shape index (κ3) is 2.61. The summed E-state index contributed by atoms with van der Waals surface area (Å²) in [4.78, 5) is 11.1. The van der Waals surface area contributed by atoms with Crippen molar-refractivity contribution in [1.82, 2.24) is 9.78 Å². The van der Waals surface area contributed by atoms with Gasteiger partial charge in [0.1, 0.15) is 5.82 Å². The van der Waals surface area contributed by atoms with E-state index in [9.17, 15) is 9.18 Å². The summed E-state index contributed by atoms with van der Waals surface area (Å²) in [6.07, 6.45) is 1.96. The number of ether oxygens (including phenoxy) is 2. The highest BCUT2D eigenvalue weighted by atomic mass is 19.1. The van der Waals surface area contributed by atoms with Crippen LogP contribution in [0.3, 0.4) is 0 Å². The molecule has 0 aliphatic heterocycles. The number of carbonyl (C=O) groups is 1. The van der Waals surface area contributed by atoms with Crippen LogP contribution >= 0.6 is 0 Å². The monoisotopic (exact) mass is 306 g/mol. The van der Waals surface area contributed by atoms with Crippen LogP contribution in [0.25, 0.3) is 11.3 Å². The van der Waals surface area contributed by atoms with Crippen LogP contribution in [0.1, 0.15) is 23.3 Å². The van der Waals surface area contributed by atoms with Crippen LogP contribution in [0, 0.1) is 5.82 Å². The van der Waals surface area contributed by atoms with Gasteiger partial charge in [-0.15, -0.1) is 0 Å². The van der Waals surface area contributed by atoms with E-state index in [1.54, 1.807) is 7.05 Å². The van der Waals surface area contributed by atoms with Crippen LogP contribution in [0.15, 0.2) is 18.2 Å². The van der Waals surface area contributed by atoms with E-state index >= 15 is 0 Å². The van der Waals surface area contributed by atoms with Crippen molar-refractivity contribution in [3.05, 3.63) is 29.7 Å². The topological polar surface area (TPSA) is 73.6 Å². The largest absolute Gasteiger partial charge is 0.493 e. The van der Waals surface area contributed by atoms with Gasteiger partial charge in [-0.1, -0.05) is 0 Å². The summed E-state index contributed by atoms with van der Waals surface area (Å²) >= 11 is 0. The van der Waals surface area contributed by atoms with E-state index < -0.39 is 11.8 Å². The van der Waals surface area contributed by atoms with Gasteiger partial charge in [0, 0.05) is 18.7 Å². The highest BCUT2D eigenvalue weighted by Gasteiger charge is 2.28. The summed E-state index contributed by atoms with van der Waals surface area (Å²) in [7, 11) is 3.03. The number of aromatic carboxylic acids is 1. The maximum absolute atomic E-state index is 13.8. The molecule has 2 aromatic rings. The molecule has 0 saturated heterocycles. The van der Waals surface area contributed by atoms with Gasteiger partial charge in [-0.05, 0) is 25.0 Å². The van der Waals surface area contributed by atoms with Gasteiger partial charge in [-0.2, -0.15) is 5.10 Å². The molecule has 1 aliphatic carbocycles. The molecule has 116 valence electrons. The van der Waals surface area contributed by atoms with Gasteiger partial charge in [-0.25, -0.2) is 9.18 Å². The Labute approximate surface area is 126 Å². The van der Waals surface area contributed by atoms with E-state index in [0.717, 1.165) is 12.8 Å². The van der Waals surface area contributed by atoms with Gasteiger partial charge in [0.05, 0.1) is 18.9 Å². The highest BCUT2D eigenvalue weighted by molar-refractivity contribution is 5.87. The SMILES string of the molecule is COc1cc(F)cc(-c2cc(C(=O)O)nn2C)c1OC1CC1. The Morgan fingerprint density at radius 1 is 1.41 bits per heavy atom.